The van der Waals surface area contributed by atoms with Crippen LogP contribution in [0.4, 0.5) is 0 Å². The third-order valence-corrected chi connectivity index (χ3v) is 3.88. The highest BCUT2D eigenvalue weighted by molar-refractivity contribution is 7.99. The van der Waals surface area contributed by atoms with Crippen molar-refractivity contribution in [2.24, 2.45) is 5.92 Å². The highest BCUT2D eigenvalue weighted by Crippen LogP contribution is 2.45. The molecule has 1 N–H and O–H groups in total. The van der Waals surface area contributed by atoms with Gasteiger partial charge in [0.05, 0.1) is 5.75 Å². The first kappa shape index (κ1) is 11.5. The van der Waals surface area contributed by atoms with E-state index < -0.39 is 5.97 Å². The van der Waals surface area contributed by atoms with Crippen molar-refractivity contribution in [2.75, 3.05) is 5.75 Å². The van der Waals surface area contributed by atoms with E-state index in [1.165, 1.54) is 23.9 Å². The molecule has 1 aromatic heterocycles. The van der Waals surface area contributed by atoms with Gasteiger partial charge in [0, 0.05) is 17.9 Å². The number of carboxylic acids is 1. The predicted molar refractivity (Wildman–Crippen MR) is 62.8 cm³/mol. The number of rotatable bonds is 5. The maximum Gasteiger partial charge on any atom is 0.313 e. The molecule has 0 amide bonds. The first-order chi connectivity index (χ1) is 7.63. The summed E-state index contributed by atoms with van der Waals surface area (Å²) in [4.78, 5) is 14.9. The lowest BCUT2D eigenvalue weighted by Gasteiger charge is -2.09. The molecule has 2 atom stereocenters. The average Bonchev–Trinajstić information content (AvgIpc) is 2.81. The van der Waals surface area contributed by atoms with Crippen LogP contribution in [0.3, 0.4) is 0 Å². The Bertz CT molecular complexity index is 403. The Morgan fingerprint density at radius 1 is 1.75 bits per heavy atom. The molecular weight excluding hydrogens is 224 g/mol. The van der Waals surface area contributed by atoms with Gasteiger partial charge < -0.3 is 9.67 Å². The summed E-state index contributed by atoms with van der Waals surface area (Å²) in [6.45, 7) is 4.32. The van der Waals surface area contributed by atoms with Gasteiger partial charge in [-0.25, -0.2) is 4.98 Å². The fourth-order valence-electron chi connectivity index (χ4n) is 1.89. The first-order valence-corrected chi connectivity index (χ1v) is 6.52. The normalized spacial score (nSPS) is 23.4. The minimum atomic E-state index is -0.790. The summed E-state index contributed by atoms with van der Waals surface area (Å²) in [6, 6.07) is 0.536. The number of carbonyl (C=O) groups is 1. The molecule has 0 aliphatic heterocycles. The second-order valence-electron chi connectivity index (χ2n) is 4.22. The van der Waals surface area contributed by atoms with Crippen molar-refractivity contribution in [3.8, 4) is 0 Å². The molecule has 4 nitrogen and oxygen atoms in total. The van der Waals surface area contributed by atoms with E-state index in [1.807, 2.05) is 6.20 Å². The van der Waals surface area contributed by atoms with E-state index in [-0.39, 0.29) is 5.75 Å². The molecule has 1 aliphatic carbocycles. The third kappa shape index (κ3) is 2.24. The van der Waals surface area contributed by atoms with E-state index in [9.17, 15) is 4.79 Å². The van der Waals surface area contributed by atoms with Crippen molar-refractivity contribution in [1.82, 2.24) is 9.55 Å². The van der Waals surface area contributed by atoms with E-state index in [2.05, 4.69) is 23.4 Å². The van der Waals surface area contributed by atoms with Crippen molar-refractivity contribution in [2.45, 2.75) is 37.9 Å². The zero-order valence-electron chi connectivity index (χ0n) is 9.51. The summed E-state index contributed by atoms with van der Waals surface area (Å²) >= 11 is 1.31. The van der Waals surface area contributed by atoms with Gasteiger partial charge in [0.1, 0.15) is 0 Å². The van der Waals surface area contributed by atoms with Crippen LogP contribution in [-0.4, -0.2) is 26.4 Å². The van der Waals surface area contributed by atoms with Gasteiger partial charge >= 0.3 is 5.97 Å². The summed E-state index contributed by atoms with van der Waals surface area (Å²) in [5, 5.41) is 9.53. The fraction of sp³-hybridized carbons (Fsp3) is 0.636. The molecule has 88 valence electrons. The van der Waals surface area contributed by atoms with E-state index in [1.54, 1.807) is 0 Å². The Morgan fingerprint density at radius 3 is 2.94 bits per heavy atom. The molecule has 0 aromatic carbocycles. The van der Waals surface area contributed by atoms with E-state index in [4.69, 9.17) is 5.11 Å². The molecule has 2 unspecified atom stereocenters. The smallest absolute Gasteiger partial charge is 0.313 e. The molecule has 16 heavy (non-hydrogen) atoms. The molecule has 2 rings (SSSR count). The second kappa shape index (κ2) is 4.49. The highest BCUT2D eigenvalue weighted by Gasteiger charge is 2.37. The number of aromatic nitrogens is 2. The second-order valence-corrected chi connectivity index (χ2v) is 5.16. The number of nitrogens with zero attached hydrogens (tertiary/aromatic N) is 2. The Kier molecular flexibility index (Phi) is 3.23. The van der Waals surface area contributed by atoms with Gasteiger partial charge in [-0.2, -0.15) is 0 Å². The molecule has 1 fully saturated rings. The Labute approximate surface area is 99.1 Å². The zero-order valence-corrected chi connectivity index (χ0v) is 10.3. The number of aliphatic carboxylic acids is 1. The van der Waals surface area contributed by atoms with Crippen LogP contribution in [0.1, 0.15) is 32.0 Å². The molecule has 1 saturated carbocycles. The topological polar surface area (TPSA) is 55.1 Å². The van der Waals surface area contributed by atoms with E-state index in [0.717, 1.165) is 11.6 Å². The largest absolute Gasteiger partial charge is 0.481 e. The molecule has 0 saturated heterocycles. The van der Waals surface area contributed by atoms with Crippen LogP contribution in [0, 0.1) is 5.92 Å². The van der Waals surface area contributed by atoms with Gasteiger partial charge in [-0.1, -0.05) is 25.6 Å². The lowest BCUT2D eigenvalue weighted by Crippen LogP contribution is -2.05. The number of imidazole rings is 1. The molecule has 1 aromatic rings. The number of hydrogen-bond donors (Lipinski definition) is 1. The van der Waals surface area contributed by atoms with E-state index in [0.29, 0.717) is 12.0 Å². The standard InChI is InChI=1S/C11H16N2O2S/c1-3-8-5-12-11(16-6-10(14)15)13(8)9-4-7(9)2/h5,7,9H,3-4,6H2,1-2H3,(H,14,15). The van der Waals surface area contributed by atoms with Crippen LogP contribution < -0.4 is 0 Å². The minimum absolute atomic E-state index is 0.0846. The Hall–Kier alpha value is -0.970. The van der Waals surface area contributed by atoms with Gasteiger partial charge in [-0.3, -0.25) is 4.79 Å². The van der Waals surface area contributed by atoms with Crippen LogP contribution in [0.25, 0.3) is 0 Å². The molecule has 0 radical (unpaired) electrons. The zero-order chi connectivity index (χ0) is 11.7. The summed E-state index contributed by atoms with van der Waals surface area (Å²) in [6.07, 6.45) is 4.00. The molecule has 1 heterocycles. The average molecular weight is 240 g/mol. The maximum absolute atomic E-state index is 10.6. The van der Waals surface area contributed by atoms with Crippen LogP contribution >= 0.6 is 11.8 Å². The third-order valence-electron chi connectivity index (χ3n) is 2.93. The molecule has 5 heteroatoms. The molecule has 0 spiro atoms. The Balaban J connectivity index is 2.17. The Morgan fingerprint density at radius 2 is 2.44 bits per heavy atom. The summed E-state index contributed by atoms with van der Waals surface area (Å²) in [5.74, 6) is -0.00789. The summed E-state index contributed by atoms with van der Waals surface area (Å²) in [5.41, 5.74) is 1.21. The van der Waals surface area contributed by atoms with Gasteiger partial charge in [0.15, 0.2) is 5.16 Å². The first-order valence-electron chi connectivity index (χ1n) is 5.54. The van der Waals surface area contributed by atoms with Crippen molar-refractivity contribution < 1.29 is 9.90 Å². The minimum Gasteiger partial charge on any atom is -0.481 e. The van der Waals surface area contributed by atoms with E-state index >= 15 is 0 Å². The van der Waals surface area contributed by atoms with Crippen molar-refractivity contribution in [3.05, 3.63) is 11.9 Å². The predicted octanol–water partition coefficient (Wildman–Crippen LogP) is 2.20. The maximum atomic E-state index is 10.6. The SMILES string of the molecule is CCc1cnc(SCC(=O)O)n1C1CC1C. The van der Waals surface area contributed by atoms with Crippen LogP contribution in [0.2, 0.25) is 0 Å². The van der Waals surface area contributed by atoms with Gasteiger partial charge in [-0.15, -0.1) is 0 Å². The van der Waals surface area contributed by atoms with Crippen molar-refractivity contribution in [1.29, 1.82) is 0 Å². The van der Waals surface area contributed by atoms with Crippen molar-refractivity contribution in [3.63, 3.8) is 0 Å². The highest BCUT2D eigenvalue weighted by atomic mass is 32.2. The molecular formula is C11H16N2O2S. The molecule has 1 aliphatic rings. The number of aryl methyl sites for hydroxylation is 1. The molecule has 0 bridgehead atoms. The fourth-order valence-corrected chi connectivity index (χ4v) is 2.66. The number of carboxylic acid groups (broad SMARTS) is 1. The number of hydrogen-bond acceptors (Lipinski definition) is 3. The van der Waals surface area contributed by atoms with Gasteiger partial charge in [0.25, 0.3) is 0 Å². The monoisotopic (exact) mass is 240 g/mol. The number of thioether (sulfide) groups is 1. The van der Waals surface area contributed by atoms with Crippen LogP contribution in [-0.2, 0) is 11.2 Å². The quantitative estimate of drug-likeness (QED) is 0.802. The van der Waals surface area contributed by atoms with Crippen LogP contribution in [0.5, 0.6) is 0 Å². The summed E-state index contributed by atoms with van der Waals surface area (Å²) in [7, 11) is 0. The van der Waals surface area contributed by atoms with Gasteiger partial charge in [0.2, 0.25) is 0 Å². The summed E-state index contributed by atoms with van der Waals surface area (Å²) < 4.78 is 2.22. The van der Waals surface area contributed by atoms with Crippen molar-refractivity contribution >= 4 is 17.7 Å². The van der Waals surface area contributed by atoms with Crippen LogP contribution in [0.15, 0.2) is 11.4 Å². The lowest BCUT2D eigenvalue weighted by molar-refractivity contribution is -0.133. The lowest BCUT2D eigenvalue weighted by atomic mass is 10.3. The van der Waals surface area contributed by atoms with Gasteiger partial charge in [-0.05, 0) is 18.8 Å².